The fourth-order valence-corrected chi connectivity index (χ4v) is 3.42. The number of pyridine rings is 1. The molecule has 1 amide bonds. The number of hydrogen-bond donors (Lipinski definition) is 1. The van der Waals surface area contributed by atoms with Crippen LogP contribution in [0.25, 0.3) is 6.20 Å². The molecule has 0 spiro atoms. The third-order valence-electron chi connectivity index (χ3n) is 5.21. The lowest BCUT2D eigenvalue weighted by Gasteiger charge is -2.21. The first-order valence-corrected chi connectivity index (χ1v) is 9.98. The number of carbonyl (C=O) groups is 1. The van der Waals surface area contributed by atoms with Crippen molar-refractivity contribution in [2.24, 2.45) is 0 Å². The third-order valence-corrected chi connectivity index (χ3v) is 5.21. The predicted molar refractivity (Wildman–Crippen MR) is 117 cm³/mol. The summed E-state index contributed by atoms with van der Waals surface area (Å²) in [7, 11) is 1.51. The molecule has 1 aliphatic rings. The van der Waals surface area contributed by atoms with E-state index in [4.69, 9.17) is 9.47 Å². The summed E-state index contributed by atoms with van der Waals surface area (Å²) in [4.78, 5) is 42.5. The summed E-state index contributed by atoms with van der Waals surface area (Å²) in [5, 5.41) is 2.75. The normalized spacial score (nSPS) is 12.4. The highest BCUT2D eigenvalue weighted by atomic mass is 16.5. The number of benzene rings is 1. The van der Waals surface area contributed by atoms with Gasteiger partial charge in [0, 0.05) is 24.4 Å². The molecule has 9 nitrogen and oxygen atoms in total. The van der Waals surface area contributed by atoms with Crippen LogP contribution in [-0.4, -0.2) is 27.1 Å². The molecule has 0 aliphatic carbocycles. The van der Waals surface area contributed by atoms with Gasteiger partial charge in [-0.05, 0) is 24.1 Å². The summed E-state index contributed by atoms with van der Waals surface area (Å²) in [5.41, 5.74) is 1.56. The number of rotatable bonds is 6. The van der Waals surface area contributed by atoms with Gasteiger partial charge in [-0.2, -0.15) is 0 Å². The number of hydrogen-bond acceptors (Lipinski definition) is 6. The van der Waals surface area contributed by atoms with Gasteiger partial charge < -0.3 is 14.8 Å². The summed E-state index contributed by atoms with van der Waals surface area (Å²) in [6, 6.07) is 12.7. The molecule has 0 fully saturated rings. The van der Waals surface area contributed by atoms with Gasteiger partial charge >= 0.3 is 5.69 Å². The molecule has 4 rings (SSSR count). The summed E-state index contributed by atoms with van der Waals surface area (Å²) in [5.74, 6) is -0.0426. The molecule has 1 N–H and O–H groups in total. The quantitative estimate of drug-likeness (QED) is 0.629. The second-order valence-electron chi connectivity index (χ2n) is 7.27. The van der Waals surface area contributed by atoms with Crippen molar-refractivity contribution < 1.29 is 14.3 Å². The van der Waals surface area contributed by atoms with Crippen LogP contribution in [0.2, 0.25) is 0 Å². The summed E-state index contributed by atoms with van der Waals surface area (Å²) < 4.78 is 13.1. The molecule has 164 valence electrons. The molecular weight excluding hydrogens is 412 g/mol. The maximum atomic E-state index is 13.1. The van der Waals surface area contributed by atoms with Gasteiger partial charge in [-0.1, -0.05) is 30.3 Å². The zero-order chi connectivity index (χ0) is 22.7. The fourth-order valence-electron chi connectivity index (χ4n) is 3.42. The average Bonchev–Trinajstić information content (AvgIpc) is 2.84. The van der Waals surface area contributed by atoms with E-state index in [-0.39, 0.29) is 31.0 Å². The molecule has 0 saturated heterocycles. The Kier molecular flexibility index (Phi) is 5.89. The van der Waals surface area contributed by atoms with E-state index in [2.05, 4.69) is 10.3 Å². The first-order chi connectivity index (χ1) is 15.5. The molecule has 9 heteroatoms. The number of aromatic nitrogens is 3. The number of amides is 1. The Hall–Kier alpha value is -4.14. The minimum atomic E-state index is -0.521. The maximum absolute atomic E-state index is 13.1. The van der Waals surface area contributed by atoms with E-state index >= 15 is 0 Å². The van der Waals surface area contributed by atoms with Gasteiger partial charge in [0.25, 0.3) is 11.5 Å². The van der Waals surface area contributed by atoms with Crippen molar-refractivity contribution in [1.82, 2.24) is 19.4 Å². The highest BCUT2D eigenvalue weighted by molar-refractivity contribution is 5.94. The lowest BCUT2D eigenvalue weighted by molar-refractivity contribution is -0.121. The van der Waals surface area contributed by atoms with E-state index in [0.717, 1.165) is 15.7 Å². The molecule has 32 heavy (non-hydrogen) atoms. The van der Waals surface area contributed by atoms with Gasteiger partial charge in [0.15, 0.2) is 0 Å². The fraction of sp³-hybridized carbons (Fsp3) is 0.217. The molecule has 0 saturated carbocycles. The Morgan fingerprint density at radius 3 is 2.72 bits per heavy atom. The Balaban J connectivity index is 1.61. The van der Waals surface area contributed by atoms with Crippen molar-refractivity contribution in [3.8, 4) is 5.88 Å². The Bertz CT molecular complexity index is 1310. The molecule has 0 bridgehead atoms. The van der Waals surface area contributed by atoms with Gasteiger partial charge in [-0.3, -0.25) is 18.7 Å². The van der Waals surface area contributed by atoms with E-state index in [1.54, 1.807) is 25.3 Å². The lowest BCUT2D eigenvalue weighted by Crippen LogP contribution is -2.43. The van der Waals surface area contributed by atoms with Crippen molar-refractivity contribution in [3.63, 3.8) is 0 Å². The summed E-state index contributed by atoms with van der Waals surface area (Å²) >= 11 is 0. The van der Waals surface area contributed by atoms with Crippen LogP contribution in [0.15, 0.2) is 64.0 Å². The minimum Gasteiger partial charge on any atom is -0.481 e. The van der Waals surface area contributed by atoms with Gasteiger partial charge in [-0.25, -0.2) is 9.78 Å². The highest BCUT2D eigenvalue weighted by Gasteiger charge is 2.23. The van der Waals surface area contributed by atoms with Crippen LogP contribution in [0.4, 0.5) is 0 Å². The standard InChI is InChI=1S/C23H22N4O5/c1-15-18-14-32-19(21(28)25-11-17-8-9-24-20(10-17)31-2)13-26(18)23(30)27(22(15)29)12-16-6-4-3-5-7-16/h3-10,13H,11-12,14H2,1-2H3,(H,25,28). The second-order valence-corrected chi connectivity index (χ2v) is 7.27. The molecule has 0 unspecified atom stereocenters. The van der Waals surface area contributed by atoms with Crippen molar-refractivity contribution in [2.75, 3.05) is 7.11 Å². The van der Waals surface area contributed by atoms with Gasteiger partial charge in [0.1, 0.15) is 6.61 Å². The zero-order valence-electron chi connectivity index (χ0n) is 17.7. The van der Waals surface area contributed by atoms with Crippen molar-refractivity contribution in [3.05, 3.63) is 97.6 Å². The summed E-state index contributed by atoms with van der Waals surface area (Å²) in [6.07, 6.45) is 2.92. The smallest absolute Gasteiger partial charge is 0.335 e. The van der Waals surface area contributed by atoms with Gasteiger partial charge in [0.2, 0.25) is 11.6 Å². The van der Waals surface area contributed by atoms with E-state index in [0.29, 0.717) is 17.1 Å². The number of nitrogens with one attached hydrogen (secondary N) is 1. The molecule has 3 heterocycles. The van der Waals surface area contributed by atoms with Crippen LogP contribution in [0.1, 0.15) is 22.4 Å². The first-order valence-electron chi connectivity index (χ1n) is 9.98. The number of nitrogens with zero attached hydrogens (tertiary/aromatic N) is 3. The Labute approximate surface area is 183 Å². The first kappa shape index (κ1) is 21.1. The van der Waals surface area contributed by atoms with Crippen molar-refractivity contribution >= 4 is 12.1 Å². The molecular formula is C23H22N4O5. The van der Waals surface area contributed by atoms with E-state index in [9.17, 15) is 14.4 Å². The molecule has 2 aromatic heterocycles. The average molecular weight is 434 g/mol. The lowest BCUT2D eigenvalue weighted by atomic mass is 10.2. The van der Waals surface area contributed by atoms with Gasteiger partial charge in [-0.15, -0.1) is 0 Å². The van der Waals surface area contributed by atoms with Crippen molar-refractivity contribution in [1.29, 1.82) is 0 Å². The predicted octanol–water partition coefficient (Wildman–Crippen LogP) is 1.42. The molecule has 3 aromatic rings. The largest absolute Gasteiger partial charge is 0.481 e. The summed E-state index contributed by atoms with van der Waals surface area (Å²) in [6.45, 7) is 1.96. The van der Waals surface area contributed by atoms with E-state index in [1.807, 2.05) is 30.3 Å². The van der Waals surface area contributed by atoms with Crippen LogP contribution in [-0.2, 0) is 29.2 Å². The molecule has 1 aliphatic heterocycles. The monoisotopic (exact) mass is 434 g/mol. The second kappa shape index (κ2) is 8.93. The van der Waals surface area contributed by atoms with E-state index in [1.165, 1.54) is 17.9 Å². The van der Waals surface area contributed by atoms with Crippen LogP contribution < -0.4 is 21.3 Å². The van der Waals surface area contributed by atoms with Crippen molar-refractivity contribution in [2.45, 2.75) is 26.6 Å². The van der Waals surface area contributed by atoms with Gasteiger partial charge in [0.05, 0.1) is 25.5 Å². The number of methoxy groups -OCH3 is 1. The van der Waals surface area contributed by atoms with Crippen LogP contribution in [0.5, 0.6) is 5.88 Å². The Morgan fingerprint density at radius 2 is 1.97 bits per heavy atom. The zero-order valence-corrected chi connectivity index (χ0v) is 17.7. The van der Waals surface area contributed by atoms with Crippen LogP contribution in [0, 0.1) is 6.92 Å². The number of carbonyl (C=O) groups excluding carboxylic acids is 1. The molecule has 1 aromatic carbocycles. The highest BCUT2D eigenvalue weighted by Crippen LogP contribution is 2.16. The number of ether oxygens (including phenoxy) is 2. The number of fused-ring (bicyclic) bond motifs is 1. The Morgan fingerprint density at radius 1 is 1.19 bits per heavy atom. The topological polar surface area (TPSA) is 104 Å². The SMILES string of the molecule is COc1cc(CNC(=O)C2=Cn3c(c(C)c(=O)n(Cc4ccccc4)c3=O)CO2)ccn1. The minimum absolute atomic E-state index is 0.00932. The van der Waals surface area contributed by atoms with E-state index < -0.39 is 11.6 Å². The molecule has 0 atom stereocenters. The van der Waals surface area contributed by atoms with Crippen LogP contribution in [0.3, 0.4) is 0 Å². The third kappa shape index (κ3) is 4.18. The molecule has 0 radical (unpaired) electrons. The maximum Gasteiger partial charge on any atom is 0.335 e. The van der Waals surface area contributed by atoms with Crippen LogP contribution >= 0.6 is 0 Å².